The monoisotopic (exact) mass is 187 g/mol. The highest BCUT2D eigenvalue weighted by Gasteiger charge is 2.31. The molecular formula is C3HN5O5. The van der Waals surface area contributed by atoms with Gasteiger partial charge in [0, 0.05) is 5.18 Å². The number of carboxylic acid groups (broad SMARTS) is 1. The van der Waals surface area contributed by atoms with E-state index in [4.69, 9.17) is 10.4 Å². The summed E-state index contributed by atoms with van der Waals surface area (Å²) in [4.78, 5) is 32.4. The van der Waals surface area contributed by atoms with Gasteiger partial charge in [-0.3, -0.25) is 0 Å². The van der Waals surface area contributed by atoms with Gasteiger partial charge in [-0.15, -0.1) is 9.90 Å². The van der Waals surface area contributed by atoms with E-state index in [0.29, 0.717) is 0 Å². The van der Waals surface area contributed by atoms with Crippen LogP contribution in [0.3, 0.4) is 0 Å². The van der Waals surface area contributed by atoms with Crippen molar-refractivity contribution < 1.29 is 14.9 Å². The van der Waals surface area contributed by atoms with Crippen molar-refractivity contribution in [3.8, 4) is 6.19 Å². The van der Waals surface area contributed by atoms with Crippen LogP contribution in [0, 0.1) is 26.5 Å². The number of hydrogen-bond acceptors (Lipinski definition) is 6. The fourth-order valence-corrected chi connectivity index (χ4v) is 0.380. The van der Waals surface area contributed by atoms with Crippen LogP contribution in [-0.2, 0) is 0 Å². The topological polar surface area (TPSA) is 149 Å². The fraction of sp³-hybridized carbons (Fsp3) is 0. The van der Waals surface area contributed by atoms with E-state index in [2.05, 4.69) is 4.99 Å². The van der Waals surface area contributed by atoms with Crippen molar-refractivity contribution in [1.29, 1.82) is 5.26 Å². The first-order valence-corrected chi connectivity index (χ1v) is 2.52. The minimum absolute atomic E-state index is 0.670. The fourth-order valence-electron chi connectivity index (χ4n) is 0.380. The Morgan fingerprint density at radius 2 is 2.23 bits per heavy atom. The molecule has 0 heterocycles. The molecule has 0 aromatic carbocycles. The number of rotatable bonds is 1. The first kappa shape index (κ1) is 10.4. The van der Waals surface area contributed by atoms with Gasteiger partial charge in [0.15, 0.2) is 5.03 Å². The summed E-state index contributed by atoms with van der Waals surface area (Å²) < 4.78 is 0. The summed E-state index contributed by atoms with van der Waals surface area (Å²) in [6.45, 7) is 0. The highest BCUT2D eigenvalue weighted by atomic mass is 16.7. The van der Waals surface area contributed by atoms with Crippen molar-refractivity contribution >= 4 is 12.1 Å². The number of nitroso groups, excluding NO2 is 1. The minimum atomic E-state index is -2.07. The van der Waals surface area contributed by atoms with E-state index in [1.165, 1.54) is 0 Å². The zero-order valence-corrected chi connectivity index (χ0v) is 5.82. The molecule has 13 heavy (non-hydrogen) atoms. The van der Waals surface area contributed by atoms with Crippen molar-refractivity contribution in [3.63, 3.8) is 0 Å². The Morgan fingerprint density at radius 1 is 1.69 bits per heavy atom. The van der Waals surface area contributed by atoms with Gasteiger partial charge in [0.05, 0.1) is 5.01 Å². The molecule has 0 aliphatic heterocycles. The second-order valence-electron chi connectivity index (χ2n) is 1.44. The van der Waals surface area contributed by atoms with Gasteiger partial charge in [-0.1, -0.05) is 0 Å². The molecule has 0 aromatic heterocycles. The molecule has 0 aliphatic carbocycles. The number of nitriles is 1. The van der Waals surface area contributed by atoms with Gasteiger partial charge >= 0.3 is 12.1 Å². The Morgan fingerprint density at radius 3 is 2.46 bits per heavy atom. The lowest BCUT2D eigenvalue weighted by molar-refractivity contribution is -0.610. The predicted molar refractivity (Wildman–Crippen MR) is 35.7 cm³/mol. The third kappa shape index (κ3) is 2.50. The number of hydrogen-bond donors (Lipinski definition) is 1. The van der Waals surface area contributed by atoms with E-state index in [9.17, 15) is 19.8 Å². The Balaban J connectivity index is 5.05. The summed E-state index contributed by atoms with van der Waals surface area (Å²) in [5, 5.41) is 25.8. The average molecular weight is 187 g/mol. The molecule has 0 rings (SSSR count). The van der Waals surface area contributed by atoms with Crippen LogP contribution in [0.15, 0.2) is 10.2 Å². The Hall–Kier alpha value is -2.57. The van der Waals surface area contributed by atoms with Gasteiger partial charge < -0.3 is 5.11 Å². The number of nitrogens with zero attached hydrogens (tertiary/aromatic N) is 5. The van der Waals surface area contributed by atoms with E-state index in [-0.39, 0.29) is 0 Å². The SMILES string of the molecule is N#CN=C(N=O)N(C(=O)O)[N+](=O)[O-]. The van der Waals surface area contributed by atoms with Crippen LogP contribution >= 0.6 is 0 Å². The highest BCUT2D eigenvalue weighted by Crippen LogP contribution is 1.95. The van der Waals surface area contributed by atoms with Gasteiger partial charge in [0.25, 0.3) is 0 Å². The third-order valence-corrected chi connectivity index (χ3v) is 0.766. The smallest absolute Gasteiger partial charge is 0.461 e. The molecule has 1 amide bonds. The number of aliphatic imine (C=N–C) groups is 1. The Labute approximate surface area is 69.8 Å². The van der Waals surface area contributed by atoms with E-state index in [1.54, 1.807) is 0 Å². The molecule has 0 atom stereocenters. The maximum atomic E-state index is 10.1. The summed E-state index contributed by atoms with van der Waals surface area (Å²) in [5.74, 6) is -1.35. The summed E-state index contributed by atoms with van der Waals surface area (Å²) in [6.07, 6.45) is -1.08. The van der Waals surface area contributed by atoms with Crippen LogP contribution < -0.4 is 0 Å². The largest absolute Gasteiger partial charge is 0.474 e. The maximum Gasteiger partial charge on any atom is 0.474 e. The average Bonchev–Trinajstić information content (AvgIpc) is 2.02. The van der Waals surface area contributed by atoms with Crippen molar-refractivity contribution in [2.75, 3.05) is 0 Å². The minimum Gasteiger partial charge on any atom is -0.461 e. The first-order valence-electron chi connectivity index (χ1n) is 2.52. The van der Waals surface area contributed by atoms with Crippen LogP contribution in [0.2, 0.25) is 0 Å². The summed E-state index contributed by atoms with van der Waals surface area (Å²) in [7, 11) is 0. The quantitative estimate of drug-likeness (QED) is 0.149. The standard InChI is InChI=1S/C3HN5O5/c4-1-5-2(6-11)7(3(9)10)8(12)13/h(H,9,10). The summed E-state index contributed by atoms with van der Waals surface area (Å²) in [5.41, 5.74) is 0. The first-order chi connectivity index (χ1) is 6.04. The lowest BCUT2D eigenvalue weighted by atomic mass is 10.9. The van der Waals surface area contributed by atoms with Crippen molar-refractivity contribution in [2.24, 2.45) is 10.2 Å². The van der Waals surface area contributed by atoms with Gasteiger partial charge in [-0.05, 0) is 0 Å². The lowest BCUT2D eigenvalue weighted by Gasteiger charge is -2.01. The second-order valence-corrected chi connectivity index (χ2v) is 1.44. The zero-order chi connectivity index (χ0) is 10.4. The normalized spacial score (nSPS) is 9.92. The highest BCUT2D eigenvalue weighted by molar-refractivity contribution is 5.92. The van der Waals surface area contributed by atoms with Gasteiger partial charge in [-0.2, -0.15) is 5.26 Å². The van der Waals surface area contributed by atoms with E-state index in [1.807, 2.05) is 5.18 Å². The van der Waals surface area contributed by atoms with Gasteiger partial charge in [0.1, 0.15) is 0 Å². The van der Waals surface area contributed by atoms with Crippen molar-refractivity contribution in [1.82, 2.24) is 5.01 Å². The molecule has 0 spiro atoms. The zero-order valence-electron chi connectivity index (χ0n) is 5.82. The predicted octanol–water partition coefficient (Wildman–Crippen LogP) is -0.238. The molecular weight excluding hydrogens is 186 g/mol. The molecule has 0 unspecified atom stereocenters. The van der Waals surface area contributed by atoms with Crippen LogP contribution in [0.25, 0.3) is 0 Å². The molecule has 1 N–H and O–H groups in total. The summed E-state index contributed by atoms with van der Waals surface area (Å²) in [6, 6.07) is 0. The van der Waals surface area contributed by atoms with Crippen LogP contribution in [0.5, 0.6) is 0 Å². The van der Waals surface area contributed by atoms with E-state index >= 15 is 0 Å². The number of amides is 1. The molecule has 68 valence electrons. The molecule has 0 aliphatic rings. The second kappa shape index (κ2) is 4.34. The molecule has 0 radical (unpaired) electrons. The molecule has 0 aromatic rings. The van der Waals surface area contributed by atoms with Crippen molar-refractivity contribution in [2.45, 2.75) is 0 Å². The Bertz CT molecular complexity index is 301. The van der Waals surface area contributed by atoms with Crippen LogP contribution in [-0.4, -0.2) is 27.2 Å². The summed E-state index contributed by atoms with van der Waals surface area (Å²) >= 11 is 0. The Kier molecular flexibility index (Phi) is 3.48. The number of guanidine groups is 1. The molecule has 10 nitrogen and oxygen atoms in total. The number of hydrazine groups is 1. The molecule has 0 saturated carbocycles. The van der Waals surface area contributed by atoms with Crippen LogP contribution in [0.1, 0.15) is 0 Å². The van der Waals surface area contributed by atoms with Gasteiger partial charge in [-0.25, -0.2) is 14.9 Å². The maximum absolute atomic E-state index is 10.1. The molecule has 0 fully saturated rings. The molecule has 10 heteroatoms. The van der Waals surface area contributed by atoms with E-state index < -0.39 is 22.1 Å². The molecule has 0 bridgehead atoms. The lowest BCUT2D eigenvalue weighted by Crippen LogP contribution is -2.39. The van der Waals surface area contributed by atoms with E-state index in [0.717, 1.165) is 6.19 Å². The number of nitro groups is 1. The third-order valence-electron chi connectivity index (χ3n) is 0.766. The van der Waals surface area contributed by atoms with Crippen molar-refractivity contribution in [3.05, 3.63) is 15.0 Å². The number of carbonyl (C=O) groups is 1. The van der Waals surface area contributed by atoms with Crippen LogP contribution in [0.4, 0.5) is 4.79 Å². The molecule has 0 saturated heterocycles. The van der Waals surface area contributed by atoms with Gasteiger partial charge in [0.2, 0.25) is 6.19 Å².